The molecule has 2 aliphatic rings. The number of rotatable bonds is 6. The highest BCUT2D eigenvalue weighted by Crippen LogP contribution is 2.37. The molecule has 0 atom stereocenters. The predicted octanol–water partition coefficient (Wildman–Crippen LogP) is 4.53. The number of carbonyl (C=O) groups excluding carboxylic acids is 1. The van der Waals surface area contributed by atoms with Gasteiger partial charge in [0.25, 0.3) is 17.0 Å². The summed E-state index contributed by atoms with van der Waals surface area (Å²) in [7, 11) is 1.77. The number of amides is 1. The summed E-state index contributed by atoms with van der Waals surface area (Å²) in [5, 5.41) is 0. The summed E-state index contributed by atoms with van der Waals surface area (Å²) in [6, 6.07) is 23.4. The third-order valence-corrected chi connectivity index (χ3v) is 10.1. The summed E-state index contributed by atoms with van der Waals surface area (Å²) < 4.78 is 4.99. The molecule has 7 rings (SSSR count). The molecule has 5 heterocycles. The SMILES string of the molecule is Cc1cccn2c(=O)c(/C=C3/SC(=S)N(c4c(C)n(C)n(-c5ccccc5)c4=O)C3=O)c(N3CCN(Cc4ccccc4)CC3)nc12. The Morgan fingerprint density at radius 1 is 0.872 bits per heavy atom. The standard InChI is InChI=1S/C35H33N7O3S2/c1-23-11-10-16-40-30(23)36-31(39-19-17-38(18-20-39)22-25-12-6-4-7-13-25)27(32(40)43)21-28-33(44)41(35(46)47-28)29-24(2)37(3)42(34(29)45)26-14-8-5-9-15-26/h4-16,21H,17-20,22H2,1-3H3/b28-21+. The zero-order chi connectivity index (χ0) is 32.8. The molecule has 1 amide bonds. The second-order valence-electron chi connectivity index (χ2n) is 11.7. The summed E-state index contributed by atoms with van der Waals surface area (Å²) in [6.07, 6.45) is 3.30. The number of hydrogen-bond donors (Lipinski definition) is 0. The molecule has 0 radical (unpaired) electrons. The number of pyridine rings is 1. The van der Waals surface area contributed by atoms with E-state index in [4.69, 9.17) is 17.2 Å². The van der Waals surface area contributed by atoms with Crippen LogP contribution in [0, 0.1) is 13.8 Å². The number of benzene rings is 2. The first-order chi connectivity index (χ1) is 22.7. The second-order valence-corrected chi connectivity index (χ2v) is 13.4. The van der Waals surface area contributed by atoms with Crippen LogP contribution in [0.3, 0.4) is 0 Å². The van der Waals surface area contributed by atoms with Gasteiger partial charge in [0.2, 0.25) is 0 Å². The number of thiocarbonyl (C=S) groups is 1. The number of hydrogen-bond acceptors (Lipinski definition) is 8. The third-order valence-electron chi connectivity index (χ3n) is 8.80. The van der Waals surface area contributed by atoms with Crippen LogP contribution in [0.1, 0.15) is 22.4 Å². The summed E-state index contributed by atoms with van der Waals surface area (Å²) in [5.74, 6) is 0.0923. The Morgan fingerprint density at radius 3 is 2.26 bits per heavy atom. The Bertz CT molecular complexity index is 2180. The van der Waals surface area contributed by atoms with E-state index in [0.29, 0.717) is 41.5 Å². The van der Waals surface area contributed by atoms with Crippen molar-refractivity contribution >= 4 is 57.4 Å². The van der Waals surface area contributed by atoms with Crippen molar-refractivity contribution < 1.29 is 4.79 Å². The summed E-state index contributed by atoms with van der Waals surface area (Å²) in [6.45, 7) is 7.51. The number of anilines is 2. The van der Waals surface area contributed by atoms with Gasteiger partial charge in [0.15, 0.2) is 4.32 Å². The molecule has 3 aromatic heterocycles. The number of fused-ring (bicyclic) bond motifs is 1. The monoisotopic (exact) mass is 663 g/mol. The van der Waals surface area contributed by atoms with E-state index in [0.717, 1.165) is 37.0 Å². The van der Waals surface area contributed by atoms with E-state index in [1.54, 1.807) is 30.9 Å². The fourth-order valence-corrected chi connectivity index (χ4v) is 7.48. The number of nitrogens with zero attached hydrogens (tertiary/aromatic N) is 7. The minimum atomic E-state index is -0.446. The minimum Gasteiger partial charge on any atom is -0.353 e. The third kappa shape index (κ3) is 5.52. The molecule has 2 fully saturated rings. The molecule has 0 N–H and O–H groups in total. The average Bonchev–Trinajstić information content (AvgIpc) is 3.47. The average molecular weight is 664 g/mol. The van der Waals surface area contributed by atoms with Crippen molar-refractivity contribution in [3.05, 3.63) is 127 Å². The van der Waals surface area contributed by atoms with Crippen LogP contribution in [0.4, 0.5) is 11.5 Å². The maximum atomic E-state index is 14.1. The zero-order valence-corrected chi connectivity index (χ0v) is 27.9. The topological polar surface area (TPSA) is 88.1 Å². The fraction of sp³-hybridized carbons (Fsp3) is 0.229. The molecule has 47 heavy (non-hydrogen) atoms. The Hall–Kier alpha value is -4.78. The van der Waals surface area contributed by atoms with Crippen molar-refractivity contribution in [3.63, 3.8) is 0 Å². The van der Waals surface area contributed by atoms with Crippen molar-refractivity contribution in [2.24, 2.45) is 7.05 Å². The Morgan fingerprint density at radius 2 is 1.55 bits per heavy atom. The fourth-order valence-electron chi connectivity index (χ4n) is 6.23. The quantitative estimate of drug-likeness (QED) is 0.194. The molecule has 2 aromatic carbocycles. The van der Waals surface area contributed by atoms with Gasteiger partial charge >= 0.3 is 0 Å². The summed E-state index contributed by atoms with van der Waals surface area (Å²) in [4.78, 5) is 53.0. The van der Waals surface area contributed by atoms with E-state index in [-0.39, 0.29) is 26.0 Å². The molecule has 0 unspecified atom stereocenters. The van der Waals surface area contributed by atoms with Gasteiger partial charge in [0.1, 0.15) is 17.2 Å². The van der Waals surface area contributed by atoms with E-state index in [9.17, 15) is 14.4 Å². The lowest BCUT2D eigenvalue weighted by Gasteiger charge is -2.36. The number of aromatic nitrogens is 4. The van der Waals surface area contributed by atoms with Gasteiger partial charge < -0.3 is 4.90 Å². The Balaban J connectivity index is 1.26. The molecule has 5 aromatic rings. The highest BCUT2D eigenvalue weighted by atomic mass is 32.2. The van der Waals surface area contributed by atoms with Crippen LogP contribution >= 0.6 is 24.0 Å². The normalized spacial score (nSPS) is 16.6. The van der Waals surface area contributed by atoms with Crippen molar-refractivity contribution in [3.8, 4) is 5.69 Å². The molecule has 0 spiro atoms. The molecule has 10 nitrogen and oxygen atoms in total. The summed E-state index contributed by atoms with van der Waals surface area (Å²) in [5.41, 5.74) is 3.86. The van der Waals surface area contributed by atoms with E-state index in [2.05, 4.69) is 21.9 Å². The number of thioether (sulfide) groups is 1. The number of carbonyl (C=O) groups is 1. The van der Waals surface area contributed by atoms with Gasteiger partial charge in [-0.1, -0.05) is 78.6 Å². The molecule has 0 saturated carbocycles. The first kappa shape index (κ1) is 30.9. The van der Waals surface area contributed by atoms with E-state index < -0.39 is 5.91 Å². The maximum absolute atomic E-state index is 14.1. The van der Waals surface area contributed by atoms with Crippen molar-refractivity contribution in [1.29, 1.82) is 0 Å². The van der Waals surface area contributed by atoms with Gasteiger partial charge in [-0.3, -0.25) is 33.3 Å². The van der Waals surface area contributed by atoms with Crippen LogP contribution in [0.15, 0.2) is 93.5 Å². The maximum Gasteiger partial charge on any atom is 0.296 e. The molecule has 238 valence electrons. The van der Waals surface area contributed by atoms with Crippen molar-refractivity contribution in [1.82, 2.24) is 23.6 Å². The second kappa shape index (κ2) is 12.4. The van der Waals surface area contributed by atoms with Crippen LogP contribution in [-0.2, 0) is 18.4 Å². The molecule has 0 aliphatic carbocycles. The van der Waals surface area contributed by atoms with Crippen LogP contribution in [0.2, 0.25) is 0 Å². The molecule has 12 heteroatoms. The van der Waals surface area contributed by atoms with Gasteiger partial charge in [0.05, 0.1) is 21.8 Å². The largest absolute Gasteiger partial charge is 0.353 e. The first-order valence-electron chi connectivity index (χ1n) is 15.4. The Labute approximate surface area is 281 Å². The van der Waals surface area contributed by atoms with Crippen LogP contribution in [0.25, 0.3) is 17.4 Å². The lowest BCUT2D eigenvalue weighted by atomic mass is 10.1. The highest BCUT2D eigenvalue weighted by molar-refractivity contribution is 8.27. The molecule has 2 saturated heterocycles. The van der Waals surface area contributed by atoms with Gasteiger partial charge in [-0.2, -0.15) is 0 Å². The lowest BCUT2D eigenvalue weighted by Crippen LogP contribution is -2.47. The van der Waals surface area contributed by atoms with E-state index in [1.807, 2.05) is 67.6 Å². The van der Waals surface area contributed by atoms with Crippen LogP contribution in [-0.4, -0.2) is 60.1 Å². The van der Waals surface area contributed by atoms with Gasteiger partial charge in [-0.25, -0.2) is 9.67 Å². The van der Waals surface area contributed by atoms with Crippen LogP contribution < -0.4 is 20.9 Å². The van der Waals surface area contributed by atoms with Gasteiger partial charge in [-0.15, -0.1) is 0 Å². The number of piperazine rings is 1. The van der Waals surface area contributed by atoms with Gasteiger partial charge in [-0.05, 0) is 49.2 Å². The van der Waals surface area contributed by atoms with Crippen molar-refractivity contribution in [2.75, 3.05) is 36.0 Å². The molecule has 2 aliphatic heterocycles. The smallest absolute Gasteiger partial charge is 0.296 e. The number of para-hydroxylation sites is 1. The van der Waals surface area contributed by atoms with Crippen LogP contribution in [0.5, 0.6) is 0 Å². The minimum absolute atomic E-state index is 0.195. The zero-order valence-electron chi connectivity index (χ0n) is 26.3. The predicted molar refractivity (Wildman–Crippen MR) is 192 cm³/mol. The molecule has 0 bridgehead atoms. The van der Waals surface area contributed by atoms with Crippen molar-refractivity contribution in [2.45, 2.75) is 20.4 Å². The first-order valence-corrected chi connectivity index (χ1v) is 16.6. The molecular weight excluding hydrogens is 631 g/mol. The highest BCUT2D eigenvalue weighted by Gasteiger charge is 2.38. The lowest BCUT2D eigenvalue weighted by molar-refractivity contribution is -0.113. The van der Waals surface area contributed by atoms with Gasteiger partial charge in [0, 0.05) is 46.0 Å². The summed E-state index contributed by atoms with van der Waals surface area (Å²) >= 11 is 6.77. The molecular formula is C35H33N7O3S2. The Kier molecular flexibility index (Phi) is 8.16. The van der Waals surface area contributed by atoms with E-state index >= 15 is 0 Å². The van der Waals surface area contributed by atoms with E-state index in [1.165, 1.54) is 19.5 Å². The number of aryl methyl sites for hydroxylation is 1.